The van der Waals surface area contributed by atoms with E-state index in [0.29, 0.717) is 24.0 Å². The summed E-state index contributed by atoms with van der Waals surface area (Å²) in [6.07, 6.45) is 3.73. The Bertz CT molecular complexity index is 678. The van der Waals surface area contributed by atoms with Gasteiger partial charge in [0.25, 0.3) is 10.0 Å². The first-order valence-electron chi connectivity index (χ1n) is 6.81. The molecule has 7 nitrogen and oxygen atoms in total. The van der Waals surface area contributed by atoms with Crippen LogP contribution in [0.5, 0.6) is 0 Å². The van der Waals surface area contributed by atoms with E-state index in [-0.39, 0.29) is 11.6 Å². The maximum atomic E-state index is 12.4. The van der Waals surface area contributed by atoms with Crippen molar-refractivity contribution in [1.29, 1.82) is 0 Å². The zero-order valence-corrected chi connectivity index (χ0v) is 13.8. The smallest absolute Gasteiger partial charge is 0.260 e. The van der Waals surface area contributed by atoms with Crippen LogP contribution in [0.15, 0.2) is 16.6 Å². The topological polar surface area (TPSA) is 84.7 Å². The summed E-state index contributed by atoms with van der Waals surface area (Å²) < 4.78 is 34.3. The Balaban J connectivity index is 2.05. The largest absolute Gasteiger partial charge is 0.380 e. The Morgan fingerprint density at radius 3 is 2.95 bits per heavy atom. The number of rotatable bonds is 9. The summed E-state index contributed by atoms with van der Waals surface area (Å²) in [5.41, 5.74) is 0. The molecule has 0 atom stereocenters. The SMILES string of the molecule is CCCCOCCNS(=O)(=O)c1c(NC)nc2sccn12. The minimum Gasteiger partial charge on any atom is -0.380 e. The number of nitrogens with one attached hydrogen (secondary N) is 2. The van der Waals surface area contributed by atoms with Crippen molar-refractivity contribution in [2.24, 2.45) is 0 Å². The van der Waals surface area contributed by atoms with E-state index in [9.17, 15) is 8.42 Å². The molecule has 9 heteroatoms. The summed E-state index contributed by atoms with van der Waals surface area (Å²) >= 11 is 1.39. The summed E-state index contributed by atoms with van der Waals surface area (Å²) in [6.45, 7) is 3.34. The Morgan fingerprint density at radius 1 is 1.43 bits per heavy atom. The van der Waals surface area contributed by atoms with E-state index in [0.717, 1.165) is 12.8 Å². The molecular weight excluding hydrogens is 312 g/mol. The van der Waals surface area contributed by atoms with Crippen molar-refractivity contribution < 1.29 is 13.2 Å². The maximum Gasteiger partial charge on any atom is 0.260 e. The highest BCUT2D eigenvalue weighted by Gasteiger charge is 2.24. The van der Waals surface area contributed by atoms with E-state index in [1.54, 1.807) is 23.0 Å². The van der Waals surface area contributed by atoms with Gasteiger partial charge in [-0.1, -0.05) is 13.3 Å². The van der Waals surface area contributed by atoms with Crippen LogP contribution in [0.2, 0.25) is 0 Å². The van der Waals surface area contributed by atoms with Gasteiger partial charge in [0.2, 0.25) is 0 Å². The van der Waals surface area contributed by atoms with Crippen molar-refractivity contribution in [1.82, 2.24) is 14.1 Å². The van der Waals surface area contributed by atoms with Gasteiger partial charge < -0.3 is 10.1 Å². The van der Waals surface area contributed by atoms with Gasteiger partial charge in [0.05, 0.1) is 6.61 Å². The van der Waals surface area contributed by atoms with Gasteiger partial charge in [-0.3, -0.25) is 4.40 Å². The van der Waals surface area contributed by atoms with Crippen molar-refractivity contribution in [3.8, 4) is 0 Å². The summed E-state index contributed by atoms with van der Waals surface area (Å²) in [7, 11) is -1.98. The Kier molecular flexibility index (Phi) is 5.57. The predicted molar refractivity (Wildman–Crippen MR) is 83.5 cm³/mol. The van der Waals surface area contributed by atoms with Gasteiger partial charge in [0.1, 0.15) is 0 Å². The molecule has 0 saturated carbocycles. The minimum absolute atomic E-state index is 0.134. The average Bonchev–Trinajstić information content (AvgIpc) is 3.02. The molecule has 0 aromatic carbocycles. The molecule has 2 heterocycles. The van der Waals surface area contributed by atoms with E-state index in [4.69, 9.17) is 4.74 Å². The summed E-state index contributed by atoms with van der Waals surface area (Å²) in [5, 5.41) is 4.75. The van der Waals surface area contributed by atoms with Gasteiger partial charge in [-0.05, 0) is 6.42 Å². The molecule has 0 spiro atoms. The number of aromatic nitrogens is 2. The molecule has 0 saturated heterocycles. The number of hydrogen-bond acceptors (Lipinski definition) is 6. The Morgan fingerprint density at radius 2 is 2.24 bits per heavy atom. The number of fused-ring (bicyclic) bond motifs is 1. The normalized spacial score (nSPS) is 12.1. The van der Waals surface area contributed by atoms with Crippen LogP contribution in [0.4, 0.5) is 5.82 Å². The highest BCUT2D eigenvalue weighted by atomic mass is 32.2. The highest BCUT2D eigenvalue weighted by Crippen LogP contribution is 2.24. The third kappa shape index (κ3) is 3.73. The van der Waals surface area contributed by atoms with Crippen LogP contribution in [0.25, 0.3) is 4.96 Å². The molecule has 2 aromatic rings. The number of anilines is 1. The standard InChI is InChI=1S/C12H20N4O3S2/c1-3-4-7-19-8-5-14-21(17,18)11-10(13-2)15-12-16(11)6-9-20-12/h6,9,13-14H,3-5,7-8H2,1-2H3. The van der Waals surface area contributed by atoms with Crippen LogP contribution in [0.3, 0.4) is 0 Å². The molecule has 2 rings (SSSR count). The zero-order chi connectivity index (χ0) is 15.3. The van der Waals surface area contributed by atoms with E-state index in [1.165, 1.54) is 11.3 Å². The molecule has 0 radical (unpaired) electrons. The first-order chi connectivity index (χ1) is 10.1. The minimum atomic E-state index is -3.63. The third-order valence-corrected chi connectivity index (χ3v) is 5.13. The van der Waals surface area contributed by atoms with E-state index in [1.807, 2.05) is 0 Å². The van der Waals surface area contributed by atoms with Crippen molar-refractivity contribution in [3.05, 3.63) is 11.6 Å². The summed E-state index contributed by atoms with van der Waals surface area (Å²) in [5.74, 6) is 0.348. The number of ether oxygens (including phenoxy) is 1. The van der Waals surface area contributed by atoms with Crippen LogP contribution in [0, 0.1) is 0 Å². The van der Waals surface area contributed by atoms with Crippen LogP contribution in [-0.4, -0.2) is 44.6 Å². The molecule has 0 aliphatic rings. The van der Waals surface area contributed by atoms with Crippen LogP contribution in [-0.2, 0) is 14.8 Å². The fourth-order valence-corrected chi connectivity index (χ4v) is 3.92. The van der Waals surface area contributed by atoms with Crippen LogP contribution >= 0.6 is 11.3 Å². The fraction of sp³-hybridized carbons (Fsp3) is 0.583. The highest BCUT2D eigenvalue weighted by molar-refractivity contribution is 7.89. The second kappa shape index (κ2) is 7.21. The molecule has 0 amide bonds. The van der Waals surface area contributed by atoms with Gasteiger partial charge in [0.15, 0.2) is 15.8 Å². The van der Waals surface area contributed by atoms with Gasteiger partial charge in [-0.15, -0.1) is 11.3 Å². The molecule has 0 bridgehead atoms. The lowest BCUT2D eigenvalue weighted by molar-refractivity contribution is 0.136. The van der Waals surface area contributed by atoms with Crippen molar-refractivity contribution in [2.75, 3.05) is 32.1 Å². The van der Waals surface area contributed by atoms with E-state index < -0.39 is 10.0 Å². The zero-order valence-electron chi connectivity index (χ0n) is 12.1. The van der Waals surface area contributed by atoms with E-state index >= 15 is 0 Å². The van der Waals surface area contributed by atoms with Crippen molar-refractivity contribution >= 4 is 32.1 Å². The van der Waals surface area contributed by atoms with Gasteiger partial charge in [0, 0.05) is 31.8 Å². The molecule has 0 unspecified atom stereocenters. The molecule has 0 aliphatic heterocycles. The van der Waals surface area contributed by atoms with Crippen molar-refractivity contribution in [2.45, 2.75) is 24.8 Å². The quantitative estimate of drug-likeness (QED) is 0.680. The Hall–Kier alpha value is -1.16. The lowest BCUT2D eigenvalue weighted by Gasteiger charge is -2.08. The lowest BCUT2D eigenvalue weighted by Crippen LogP contribution is -2.29. The molecular formula is C12H20N4O3S2. The molecule has 2 N–H and O–H groups in total. The van der Waals surface area contributed by atoms with Gasteiger partial charge in [-0.25, -0.2) is 18.1 Å². The molecule has 2 aromatic heterocycles. The molecule has 118 valence electrons. The summed E-state index contributed by atoms with van der Waals surface area (Å²) in [4.78, 5) is 4.88. The maximum absolute atomic E-state index is 12.4. The Labute approximate surface area is 128 Å². The molecule has 0 aliphatic carbocycles. The number of hydrogen-bond donors (Lipinski definition) is 2. The number of unbranched alkanes of at least 4 members (excludes halogenated alkanes) is 1. The third-order valence-electron chi connectivity index (χ3n) is 2.89. The monoisotopic (exact) mass is 332 g/mol. The number of thiazole rings is 1. The van der Waals surface area contributed by atoms with Gasteiger partial charge >= 0.3 is 0 Å². The molecule has 21 heavy (non-hydrogen) atoms. The van der Waals surface area contributed by atoms with Crippen LogP contribution < -0.4 is 10.0 Å². The van der Waals surface area contributed by atoms with Crippen LogP contribution in [0.1, 0.15) is 19.8 Å². The molecule has 0 fully saturated rings. The second-order valence-electron chi connectivity index (χ2n) is 4.43. The lowest BCUT2D eigenvalue weighted by atomic mass is 10.4. The number of sulfonamides is 1. The van der Waals surface area contributed by atoms with E-state index in [2.05, 4.69) is 21.9 Å². The fourth-order valence-electron chi connectivity index (χ4n) is 1.85. The number of nitrogens with zero attached hydrogens (tertiary/aromatic N) is 2. The predicted octanol–water partition coefficient (Wildman–Crippen LogP) is 1.53. The summed E-state index contributed by atoms with van der Waals surface area (Å²) in [6, 6.07) is 0. The van der Waals surface area contributed by atoms with Gasteiger partial charge in [-0.2, -0.15) is 0 Å². The first kappa shape index (κ1) is 16.2. The van der Waals surface area contributed by atoms with Crippen molar-refractivity contribution in [3.63, 3.8) is 0 Å². The first-order valence-corrected chi connectivity index (χ1v) is 9.17. The second-order valence-corrected chi connectivity index (χ2v) is 6.99. The number of imidazole rings is 1. The average molecular weight is 332 g/mol.